The van der Waals surface area contributed by atoms with Gasteiger partial charge in [-0.2, -0.15) is 9.61 Å². The summed E-state index contributed by atoms with van der Waals surface area (Å²) in [6.45, 7) is 0.932. The summed E-state index contributed by atoms with van der Waals surface area (Å²) in [6.07, 6.45) is 3.44. The van der Waals surface area contributed by atoms with Gasteiger partial charge in [-0.15, -0.1) is 0 Å². The second-order valence-electron chi connectivity index (χ2n) is 5.68. The van der Waals surface area contributed by atoms with E-state index >= 15 is 0 Å². The lowest BCUT2D eigenvalue weighted by molar-refractivity contribution is 0.586. The van der Waals surface area contributed by atoms with E-state index in [1.165, 1.54) is 0 Å². The Bertz CT molecular complexity index is 1040. The minimum Gasteiger partial charge on any atom is -0.370 e. The zero-order valence-corrected chi connectivity index (χ0v) is 17.1. The topological polar surface area (TPSA) is 88.4 Å². The molecule has 2 heterocycles. The van der Waals surface area contributed by atoms with Crippen LogP contribution in [-0.2, 0) is 10.0 Å². The molecule has 0 aliphatic rings. The summed E-state index contributed by atoms with van der Waals surface area (Å²) in [5.41, 5.74) is 2.21. The van der Waals surface area contributed by atoms with Gasteiger partial charge in [-0.3, -0.25) is 0 Å². The molecule has 0 fully saturated rings. The number of benzene rings is 1. The first kappa shape index (κ1) is 19.1. The van der Waals surface area contributed by atoms with Crippen molar-refractivity contribution in [3.8, 4) is 11.3 Å². The van der Waals surface area contributed by atoms with Crippen molar-refractivity contribution in [1.82, 2.24) is 19.3 Å². The van der Waals surface area contributed by atoms with Crippen LogP contribution in [0, 0.1) is 0 Å². The fourth-order valence-electron chi connectivity index (χ4n) is 2.43. The lowest BCUT2D eigenvalue weighted by Gasteiger charge is -2.11. The van der Waals surface area contributed by atoms with Gasteiger partial charge in [0.05, 0.1) is 22.6 Å². The normalized spacial score (nSPS) is 11.8. The van der Waals surface area contributed by atoms with Crippen LogP contribution in [0.15, 0.2) is 41.0 Å². The van der Waals surface area contributed by atoms with Crippen molar-refractivity contribution in [3.63, 3.8) is 0 Å². The monoisotopic (exact) mass is 457 g/mol. The van der Waals surface area contributed by atoms with Crippen LogP contribution in [0.5, 0.6) is 0 Å². The molecular weight excluding hydrogens is 442 g/mol. The maximum absolute atomic E-state index is 11.1. The highest BCUT2D eigenvalue weighted by atomic mass is 79.9. The molecule has 0 saturated carbocycles. The third-order valence-corrected chi connectivity index (χ3v) is 5.22. The Morgan fingerprint density at radius 1 is 1.27 bits per heavy atom. The minimum absolute atomic E-state index is 0.361. The van der Waals surface area contributed by atoms with Crippen molar-refractivity contribution in [2.45, 2.75) is 6.42 Å². The summed E-state index contributed by atoms with van der Waals surface area (Å²) in [5, 5.41) is 8.21. The Kier molecular flexibility index (Phi) is 5.81. The van der Waals surface area contributed by atoms with Crippen molar-refractivity contribution in [2.24, 2.45) is 0 Å². The molecule has 7 nitrogen and oxygen atoms in total. The number of aromatic nitrogens is 3. The van der Waals surface area contributed by atoms with Crippen molar-refractivity contribution in [2.75, 3.05) is 24.7 Å². The van der Waals surface area contributed by atoms with Gasteiger partial charge in [0.2, 0.25) is 10.0 Å². The average Bonchev–Trinajstić information content (AvgIpc) is 2.95. The Morgan fingerprint density at radius 2 is 2.04 bits per heavy atom. The molecule has 0 bridgehead atoms. The lowest BCUT2D eigenvalue weighted by atomic mass is 10.1. The molecule has 0 aliphatic carbocycles. The predicted molar refractivity (Wildman–Crippen MR) is 107 cm³/mol. The SMILES string of the molecule is CS(=O)(=O)NCCCNc1cc(-c2ccccc2Cl)nc2c(Br)cnn12. The molecule has 0 spiro atoms. The van der Waals surface area contributed by atoms with Crippen LogP contribution in [0.1, 0.15) is 6.42 Å². The fraction of sp³-hybridized carbons (Fsp3) is 0.250. The Balaban J connectivity index is 1.86. The smallest absolute Gasteiger partial charge is 0.208 e. The number of hydrogen-bond acceptors (Lipinski definition) is 5. The molecular formula is C16H17BrClN5O2S. The first-order valence-electron chi connectivity index (χ1n) is 7.83. The van der Waals surface area contributed by atoms with Gasteiger partial charge in [-0.25, -0.2) is 18.1 Å². The van der Waals surface area contributed by atoms with E-state index in [0.717, 1.165) is 27.8 Å². The summed E-state index contributed by atoms with van der Waals surface area (Å²) in [6, 6.07) is 9.37. The van der Waals surface area contributed by atoms with E-state index < -0.39 is 10.0 Å². The van der Waals surface area contributed by atoms with Crippen LogP contribution in [0.2, 0.25) is 5.02 Å². The minimum atomic E-state index is -3.17. The maximum atomic E-state index is 11.1. The van der Waals surface area contributed by atoms with Crippen LogP contribution in [-0.4, -0.2) is 42.4 Å². The van der Waals surface area contributed by atoms with E-state index in [-0.39, 0.29) is 0 Å². The molecule has 0 atom stereocenters. The Labute approximate surface area is 165 Å². The molecule has 1 aromatic carbocycles. The van der Waals surface area contributed by atoms with Crippen LogP contribution in [0.3, 0.4) is 0 Å². The number of rotatable bonds is 7. The van der Waals surface area contributed by atoms with Crippen LogP contribution < -0.4 is 10.0 Å². The molecule has 138 valence electrons. The highest BCUT2D eigenvalue weighted by Gasteiger charge is 2.13. The molecule has 0 saturated heterocycles. The first-order chi connectivity index (χ1) is 12.3. The van der Waals surface area contributed by atoms with Crippen molar-refractivity contribution < 1.29 is 8.42 Å². The molecule has 2 N–H and O–H groups in total. The summed E-state index contributed by atoms with van der Waals surface area (Å²) < 4.78 is 27.1. The van der Waals surface area contributed by atoms with Gasteiger partial charge >= 0.3 is 0 Å². The van der Waals surface area contributed by atoms with Gasteiger partial charge in [0, 0.05) is 29.7 Å². The maximum Gasteiger partial charge on any atom is 0.208 e. The number of halogens is 2. The molecule has 26 heavy (non-hydrogen) atoms. The van der Waals surface area contributed by atoms with Crippen LogP contribution >= 0.6 is 27.5 Å². The lowest BCUT2D eigenvalue weighted by Crippen LogP contribution is -2.24. The van der Waals surface area contributed by atoms with Crippen LogP contribution in [0.25, 0.3) is 16.9 Å². The molecule has 2 aromatic heterocycles. The summed E-state index contributed by atoms with van der Waals surface area (Å²) >= 11 is 9.76. The van der Waals surface area contributed by atoms with E-state index in [1.54, 1.807) is 10.7 Å². The van der Waals surface area contributed by atoms with E-state index in [2.05, 4.69) is 36.1 Å². The molecule has 0 unspecified atom stereocenters. The Morgan fingerprint density at radius 3 is 2.77 bits per heavy atom. The number of fused-ring (bicyclic) bond motifs is 1. The summed E-state index contributed by atoms with van der Waals surface area (Å²) in [7, 11) is -3.17. The molecule has 3 aromatic rings. The number of anilines is 1. The first-order valence-corrected chi connectivity index (χ1v) is 10.9. The third kappa shape index (κ3) is 4.53. The van der Waals surface area contributed by atoms with E-state index in [4.69, 9.17) is 11.6 Å². The Hall–Kier alpha value is -1.68. The zero-order chi connectivity index (χ0) is 18.7. The van der Waals surface area contributed by atoms with E-state index in [0.29, 0.717) is 30.2 Å². The molecule has 0 radical (unpaired) electrons. The van der Waals surface area contributed by atoms with Crippen LogP contribution in [0.4, 0.5) is 5.82 Å². The second kappa shape index (κ2) is 7.91. The molecule has 3 rings (SSSR count). The summed E-state index contributed by atoms with van der Waals surface area (Å²) in [4.78, 5) is 4.64. The molecule has 0 amide bonds. The standard InChI is InChI=1S/C16H17BrClN5O2S/c1-26(24,25)21-8-4-7-19-15-9-14(11-5-2-3-6-13(11)18)22-16-12(17)10-20-23(15)16/h2-3,5-6,9-10,19,21H,4,7-8H2,1H3. The van der Waals surface area contributed by atoms with E-state index in [9.17, 15) is 8.42 Å². The average molecular weight is 459 g/mol. The number of sulfonamides is 1. The third-order valence-electron chi connectivity index (χ3n) is 3.60. The van der Waals surface area contributed by atoms with Gasteiger partial charge < -0.3 is 5.32 Å². The number of hydrogen-bond donors (Lipinski definition) is 2. The van der Waals surface area contributed by atoms with Gasteiger partial charge in [-0.05, 0) is 28.4 Å². The fourth-order valence-corrected chi connectivity index (χ4v) is 3.53. The second-order valence-corrected chi connectivity index (χ2v) is 8.78. The van der Waals surface area contributed by atoms with Gasteiger partial charge in [0.25, 0.3) is 0 Å². The number of nitrogens with one attached hydrogen (secondary N) is 2. The zero-order valence-electron chi connectivity index (χ0n) is 13.9. The number of nitrogens with zero attached hydrogens (tertiary/aromatic N) is 3. The van der Waals surface area contributed by atoms with Crippen molar-refractivity contribution >= 4 is 49.0 Å². The van der Waals surface area contributed by atoms with Gasteiger partial charge in [0.15, 0.2) is 5.65 Å². The largest absolute Gasteiger partial charge is 0.370 e. The quantitative estimate of drug-likeness (QED) is 0.531. The summed E-state index contributed by atoms with van der Waals surface area (Å²) in [5.74, 6) is 0.745. The van der Waals surface area contributed by atoms with Crippen molar-refractivity contribution in [3.05, 3.63) is 46.0 Å². The highest BCUT2D eigenvalue weighted by Crippen LogP contribution is 2.30. The highest BCUT2D eigenvalue weighted by molar-refractivity contribution is 9.10. The van der Waals surface area contributed by atoms with E-state index in [1.807, 2.05) is 30.3 Å². The van der Waals surface area contributed by atoms with Gasteiger partial charge in [-0.1, -0.05) is 29.8 Å². The molecule has 10 heteroatoms. The van der Waals surface area contributed by atoms with Crippen molar-refractivity contribution in [1.29, 1.82) is 0 Å². The predicted octanol–water partition coefficient (Wildman–Crippen LogP) is 3.16. The van der Waals surface area contributed by atoms with Gasteiger partial charge in [0.1, 0.15) is 5.82 Å². The molecule has 0 aliphatic heterocycles.